The molecule has 0 radical (unpaired) electrons. The molecule has 0 N–H and O–H groups in total. The maximum atomic E-state index is 12.4. The predicted octanol–water partition coefficient (Wildman–Crippen LogP) is 1.27. The van der Waals surface area contributed by atoms with E-state index in [0.29, 0.717) is 5.92 Å². The van der Waals surface area contributed by atoms with Crippen LogP contribution in [0.4, 0.5) is 0 Å². The predicted molar refractivity (Wildman–Crippen MR) is 69.4 cm³/mol. The van der Waals surface area contributed by atoms with E-state index in [1.165, 1.54) is 11.0 Å². The summed E-state index contributed by atoms with van der Waals surface area (Å²) in [6.07, 6.45) is 5.04. The van der Waals surface area contributed by atoms with Gasteiger partial charge < -0.3 is 9.32 Å². The van der Waals surface area contributed by atoms with E-state index < -0.39 is 0 Å². The van der Waals surface area contributed by atoms with Gasteiger partial charge in [0.05, 0.1) is 12.3 Å². The quantitative estimate of drug-likeness (QED) is 0.843. The number of hydrogen-bond acceptors (Lipinski definition) is 5. The van der Waals surface area contributed by atoms with Crippen LogP contribution in [-0.4, -0.2) is 37.6 Å². The molecular formula is C13H17N5O2. The van der Waals surface area contributed by atoms with E-state index in [9.17, 15) is 4.79 Å². The molecule has 2 atom stereocenters. The van der Waals surface area contributed by atoms with Crippen LogP contribution in [0.5, 0.6) is 0 Å². The first-order valence-electron chi connectivity index (χ1n) is 6.77. The third kappa shape index (κ3) is 2.56. The van der Waals surface area contributed by atoms with Crippen molar-refractivity contribution in [1.82, 2.24) is 25.1 Å². The van der Waals surface area contributed by atoms with E-state index in [1.54, 1.807) is 6.26 Å². The largest absolute Gasteiger partial charge is 0.467 e. The molecule has 3 rings (SSSR count). The summed E-state index contributed by atoms with van der Waals surface area (Å²) < 4.78 is 6.94. The summed E-state index contributed by atoms with van der Waals surface area (Å²) in [6.45, 7) is 3.12. The van der Waals surface area contributed by atoms with Crippen LogP contribution in [0.3, 0.4) is 0 Å². The summed E-state index contributed by atoms with van der Waals surface area (Å²) in [6, 6.07) is 3.80. The van der Waals surface area contributed by atoms with Crippen molar-refractivity contribution in [2.24, 2.45) is 5.92 Å². The number of hydrogen-bond donors (Lipinski definition) is 0. The molecule has 0 bridgehead atoms. The Morgan fingerprint density at radius 3 is 3.15 bits per heavy atom. The van der Waals surface area contributed by atoms with Crippen LogP contribution in [0.15, 0.2) is 29.1 Å². The summed E-state index contributed by atoms with van der Waals surface area (Å²) in [5.41, 5.74) is 0. The minimum absolute atomic E-state index is 0.0118. The Bertz CT molecular complexity index is 551. The van der Waals surface area contributed by atoms with Crippen molar-refractivity contribution in [3.8, 4) is 0 Å². The minimum atomic E-state index is 0.0118. The molecule has 1 aliphatic heterocycles. The van der Waals surface area contributed by atoms with Crippen LogP contribution in [-0.2, 0) is 11.3 Å². The zero-order chi connectivity index (χ0) is 13.9. The lowest BCUT2D eigenvalue weighted by atomic mass is 9.91. The molecule has 0 saturated carbocycles. The third-order valence-corrected chi connectivity index (χ3v) is 3.75. The van der Waals surface area contributed by atoms with Gasteiger partial charge in [0, 0.05) is 6.54 Å². The van der Waals surface area contributed by atoms with E-state index in [0.717, 1.165) is 25.1 Å². The fourth-order valence-corrected chi connectivity index (χ4v) is 2.67. The average Bonchev–Trinajstić information content (AvgIpc) is 3.11. The van der Waals surface area contributed by atoms with Crippen molar-refractivity contribution >= 4 is 5.91 Å². The number of aromatic nitrogens is 4. The first-order chi connectivity index (χ1) is 9.74. The van der Waals surface area contributed by atoms with Gasteiger partial charge in [-0.15, -0.1) is 5.10 Å². The normalized spacial score (nSPS) is 22.9. The molecule has 0 spiro atoms. The highest BCUT2D eigenvalue weighted by atomic mass is 16.3. The van der Waals surface area contributed by atoms with Gasteiger partial charge in [0.25, 0.3) is 0 Å². The first kappa shape index (κ1) is 12.8. The number of amides is 1. The van der Waals surface area contributed by atoms with Gasteiger partial charge in [-0.1, -0.05) is 6.92 Å². The second kappa shape index (κ2) is 5.44. The summed E-state index contributed by atoms with van der Waals surface area (Å²) in [5, 5.41) is 10.8. The van der Waals surface area contributed by atoms with Crippen LogP contribution >= 0.6 is 0 Å². The Balaban J connectivity index is 1.77. The van der Waals surface area contributed by atoms with Crippen molar-refractivity contribution in [1.29, 1.82) is 0 Å². The van der Waals surface area contributed by atoms with Gasteiger partial charge >= 0.3 is 0 Å². The topological polar surface area (TPSA) is 77.1 Å². The van der Waals surface area contributed by atoms with Crippen LogP contribution < -0.4 is 0 Å². The van der Waals surface area contributed by atoms with Gasteiger partial charge in [0.1, 0.15) is 18.6 Å². The van der Waals surface area contributed by atoms with E-state index in [2.05, 4.69) is 22.4 Å². The molecule has 2 aromatic rings. The second-order valence-corrected chi connectivity index (χ2v) is 5.26. The van der Waals surface area contributed by atoms with Gasteiger partial charge in [-0.05, 0) is 41.3 Å². The third-order valence-electron chi connectivity index (χ3n) is 3.75. The SMILES string of the molecule is C[C@@H]1CCN(C(=O)Cn2cnnn2)[C@@H](c2ccco2)C1. The molecule has 1 saturated heterocycles. The molecule has 1 amide bonds. The maximum absolute atomic E-state index is 12.4. The van der Waals surface area contributed by atoms with Crippen LogP contribution in [0.25, 0.3) is 0 Å². The van der Waals surface area contributed by atoms with E-state index in [4.69, 9.17) is 4.42 Å². The number of nitrogens with zero attached hydrogens (tertiary/aromatic N) is 5. The first-order valence-corrected chi connectivity index (χ1v) is 6.77. The van der Waals surface area contributed by atoms with Gasteiger partial charge in [0.15, 0.2) is 0 Å². The molecule has 7 nitrogen and oxygen atoms in total. The number of likely N-dealkylation sites (tertiary alicyclic amines) is 1. The molecular weight excluding hydrogens is 258 g/mol. The highest BCUT2D eigenvalue weighted by Gasteiger charge is 2.32. The van der Waals surface area contributed by atoms with E-state index in [-0.39, 0.29) is 18.5 Å². The van der Waals surface area contributed by atoms with Gasteiger partial charge in [0.2, 0.25) is 5.91 Å². The van der Waals surface area contributed by atoms with Crippen molar-refractivity contribution in [3.63, 3.8) is 0 Å². The van der Waals surface area contributed by atoms with E-state index in [1.807, 2.05) is 17.0 Å². The number of carbonyl (C=O) groups excluding carboxylic acids is 1. The minimum Gasteiger partial charge on any atom is -0.467 e. The monoisotopic (exact) mass is 275 g/mol. The summed E-state index contributed by atoms with van der Waals surface area (Å²) >= 11 is 0. The Morgan fingerprint density at radius 1 is 1.55 bits per heavy atom. The molecule has 0 unspecified atom stereocenters. The summed E-state index contributed by atoms with van der Waals surface area (Å²) in [5.74, 6) is 1.45. The standard InChI is InChI=1S/C13H17N5O2/c1-10-4-5-18(11(7-10)12-3-2-6-20-12)13(19)8-17-9-14-15-16-17/h2-3,6,9-11H,4-5,7-8H2,1H3/t10-,11-/m1/s1. The second-order valence-electron chi connectivity index (χ2n) is 5.26. The van der Waals surface area contributed by atoms with Gasteiger partial charge in [-0.25, -0.2) is 4.68 Å². The Labute approximate surface area is 116 Å². The van der Waals surface area contributed by atoms with Crippen molar-refractivity contribution in [3.05, 3.63) is 30.5 Å². The van der Waals surface area contributed by atoms with Gasteiger partial charge in [-0.2, -0.15) is 0 Å². The number of tetrazole rings is 1. The van der Waals surface area contributed by atoms with Crippen LogP contribution in [0, 0.1) is 5.92 Å². The van der Waals surface area contributed by atoms with Gasteiger partial charge in [-0.3, -0.25) is 4.79 Å². The average molecular weight is 275 g/mol. The summed E-state index contributed by atoms with van der Waals surface area (Å²) in [7, 11) is 0. The molecule has 3 heterocycles. The molecule has 1 fully saturated rings. The molecule has 106 valence electrons. The molecule has 1 aliphatic rings. The summed E-state index contributed by atoms with van der Waals surface area (Å²) in [4.78, 5) is 14.3. The Kier molecular flexibility index (Phi) is 3.49. The highest BCUT2D eigenvalue weighted by molar-refractivity contribution is 5.76. The molecule has 0 aromatic carbocycles. The van der Waals surface area contributed by atoms with Crippen LogP contribution in [0.1, 0.15) is 31.6 Å². The Morgan fingerprint density at radius 2 is 2.45 bits per heavy atom. The fraction of sp³-hybridized carbons (Fsp3) is 0.538. The zero-order valence-corrected chi connectivity index (χ0v) is 11.3. The molecule has 0 aliphatic carbocycles. The van der Waals surface area contributed by atoms with Crippen molar-refractivity contribution < 1.29 is 9.21 Å². The number of piperidine rings is 1. The van der Waals surface area contributed by atoms with Crippen molar-refractivity contribution in [2.75, 3.05) is 6.54 Å². The van der Waals surface area contributed by atoms with Crippen molar-refractivity contribution in [2.45, 2.75) is 32.4 Å². The number of carbonyl (C=O) groups is 1. The smallest absolute Gasteiger partial charge is 0.245 e. The number of rotatable bonds is 3. The molecule has 20 heavy (non-hydrogen) atoms. The lowest BCUT2D eigenvalue weighted by Gasteiger charge is -2.37. The fourth-order valence-electron chi connectivity index (χ4n) is 2.67. The zero-order valence-electron chi connectivity index (χ0n) is 11.3. The highest BCUT2D eigenvalue weighted by Crippen LogP contribution is 2.34. The van der Waals surface area contributed by atoms with Crippen LogP contribution in [0.2, 0.25) is 0 Å². The number of furan rings is 1. The molecule has 2 aromatic heterocycles. The Hall–Kier alpha value is -2.18. The van der Waals surface area contributed by atoms with E-state index >= 15 is 0 Å². The lowest BCUT2D eigenvalue weighted by molar-refractivity contribution is -0.137. The maximum Gasteiger partial charge on any atom is 0.245 e. The lowest BCUT2D eigenvalue weighted by Crippen LogP contribution is -2.42. The molecule has 7 heteroatoms.